The van der Waals surface area contributed by atoms with E-state index in [1.165, 1.54) is 12.1 Å². The molecule has 0 saturated heterocycles. The third kappa shape index (κ3) is 4.68. The van der Waals surface area contributed by atoms with Crippen LogP contribution in [0.15, 0.2) is 47.1 Å². The molecule has 3 rings (SSSR count). The fourth-order valence-corrected chi connectivity index (χ4v) is 3.29. The van der Waals surface area contributed by atoms with Crippen molar-refractivity contribution in [1.29, 1.82) is 0 Å². The van der Waals surface area contributed by atoms with Crippen LogP contribution in [0.25, 0.3) is 11.3 Å². The molecule has 0 unspecified atom stereocenters. The van der Waals surface area contributed by atoms with Gasteiger partial charge in [0.15, 0.2) is 0 Å². The van der Waals surface area contributed by atoms with Crippen molar-refractivity contribution >= 4 is 5.91 Å². The number of hydrogen-bond donors (Lipinski definition) is 0. The molecule has 0 aliphatic carbocycles. The monoisotopic (exact) mass is 383 g/mol. The molecule has 0 radical (unpaired) electrons. The number of amides is 1. The van der Waals surface area contributed by atoms with Gasteiger partial charge in [0, 0.05) is 20.6 Å². The fourth-order valence-electron chi connectivity index (χ4n) is 3.29. The zero-order valence-corrected chi connectivity index (χ0v) is 16.6. The first-order valence-electron chi connectivity index (χ1n) is 9.54. The van der Waals surface area contributed by atoms with Crippen molar-refractivity contribution in [3.05, 3.63) is 65.5 Å². The van der Waals surface area contributed by atoms with Gasteiger partial charge in [-0.1, -0.05) is 6.42 Å². The molecule has 0 spiro atoms. The van der Waals surface area contributed by atoms with E-state index in [4.69, 9.17) is 4.42 Å². The van der Waals surface area contributed by atoms with Crippen LogP contribution in [-0.2, 0) is 13.5 Å². The molecule has 28 heavy (non-hydrogen) atoms. The lowest BCUT2D eigenvalue weighted by molar-refractivity contribution is 0.0791. The highest BCUT2D eigenvalue weighted by molar-refractivity contribution is 5.94. The summed E-state index contributed by atoms with van der Waals surface area (Å²) >= 11 is 0. The summed E-state index contributed by atoms with van der Waals surface area (Å²) in [6.45, 7) is 2.51. The van der Waals surface area contributed by atoms with Gasteiger partial charge in [-0.25, -0.2) is 4.39 Å². The molecule has 148 valence electrons. The summed E-state index contributed by atoms with van der Waals surface area (Å²) in [4.78, 5) is 14.1. The molecule has 1 amide bonds. The Hall–Kier alpha value is -2.89. The molecule has 1 aromatic carbocycles. The van der Waals surface area contributed by atoms with E-state index < -0.39 is 0 Å². The second-order valence-electron chi connectivity index (χ2n) is 7.08. The number of benzene rings is 1. The van der Waals surface area contributed by atoms with Crippen LogP contribution in [0.1, 0.15) is 41.1 Å². The summed E-state index contributed by atoms with van der Waals surface area (Å²) < 4.78 is 20.1. The van der Waals surface area contributed by atoms with Gasteiger partial charge in [0.25, 0.3) is 5.91 Å². The topological polar surface area (TPSA) is 51.3 Å². The first-order valence-corrected chi connectivity index (χ1v) is 9.54. The van der Waals surface area contributed by atoms with E-state index >= 15 is 0 Å². The van der Waals surface area contributed by atoms with Crippen molar-refractivity contribution < 1.29 is 13.6 Å². The van der Waals surface area contributed by atoms with Crippen molar-refractivity contribution in [2.45, 2.75) is 32.6 Å². The minimum Gasteiger partial charge on any atom is -0.469 e. The first-order chi connectivity index (χ1) is 13.5. The summed E-state index contributed by atoms with van der Waals surface area (Å²) in [5.41, 5.74) is 3.60. The molecular weight excluding hydrogens is 357 g/mol. The number of unbranched alkanes of at least 4 members (excludes halogenated alkanes) is 2. The third-order valence-corrected chi connectivity index (χ3v) is 4.93. The van der Waals surface area contributed by atoms with Crippen LogP contribution in [0.4, 0.5) is 4.39 Å². The Kier molecular flexibility index (Phi) is 6.29. The molecule has 0 aliphatic rings. The summed E-state index contributed by atoms with van der Waals surface area (Å²) in [6.07, 6.45) is 5.39. The zero-order chi connectivity index (χ0) is 20.1. The average Bonchev–Trinajstić information content (AvgIpc) is 3.27. The van der Waals surface area contributed by atoms with Gasteiger partial charge >= 0.3 is 0 Å². The van der Waals surface area contributed by atoms with Crippen LogP contribution < -0.4 is 0 Å². The number of aromatic nitrogens is 2. The molecule has 5 nitrogen and oxygen atoms in total. The maximum atomic E-state index is 13.1. The number of aryl methyl sites for hydroxylation is 3. The van der Waals surface area contributed by atoms with Crippen molar-refractivity contribution in [3.63, 3.8) is 0 Å². The highest BCUT2D eigenvalue weighted by atomic mass is 19.1. The summed E-state index contributed by atoms with van der Waals surface area (Å²) in [6, 6.07) is 10.2. The van der Waals surface area contributed by atoms with E-state index in [9.17, 15) is 9.18 Å². The summed E-state index contributed by atoms with van der Waals surface area (Å²) in [5.74, 6) is 0.418. The molecule has 0 atom stereocenters. The Morgan fingerprint density at radius 2 is 1.93 bits per heavy atom. The van der Waals surface area contributed by atoms with Gasteiger partial charge in [-0.3, -0.25) is 9.48 Å². The molecule has 0 saturated carbocycles. The lowest BCUT2D eigenvalue weighted by atomic mass is 10.1. The number of furan rings is 1. The molecule has 0 fully saturated rings. The van der Waals surface area contributed by atoms with E-state index in [0.29, 0.717) is 17.9 Å². The van der Waals surface area contributed by atoms with Crippen LogP contribution in [0.2, 0.25) is 0 Å². The van der Waals surface area contributed by atoms with Crippen LogP contribution in [0.3, 0.4) is 0 Å². The first kappa shape index (κ1) is 19.9. The lowest BCUT2D eigenvalue weighted by Crippen LogP contribution is -2.27. The molecule has 2 heterocycles. The highest BCUT2D eigenvalue weighted by Crippen LogP contribution is 2.21. The SMILES string of the molecule is Cc1occc1C(=O)N(C)CCCCCc1cc(-c2ccc(F)cc2)n(C)n1. The standard InChI is InChI=1S/C22H26FN3O2/c1-16-20(12-14-28-16)22(27)25(2)13-6-4-5-7-19-15-21(26(3)24-19)17-8-10-18(23)11-9-17/h8-12,14-15H,4-7,13H2,1-3H3. The van der Waals surface area contributed by atoms with Gasteiger partial charge < -0.3 is 9.32 Å². The number of halogens is 1. The zero-order valence-electron chi connectivity index (χ0n) is 16.6. The van der Waals surface area contributed by atoms with Gasteiger partial charge in [-0.05, 0) is 68.1 Å². The number of carbonyl (C=O) groups excluding carboxylic acids is 1. The number of nitrogens with zero attached hydrogens (tertiary/aromatic N) is 3. The number of carbonyl (C=O) groups is 1. The Labute approximate surface area is 164 Å². The normalized spacial score (nSPS) is 11.0. The fraction of sp³-hybridized carbons (Fsp3) is 0.364. The Balaban J connectivity index is 1.44. The van der Waals surface area contributed by atoms with E-state index in [1.807, 2.05) is 18.8 Å². The van der Waals surface area contributed by atoms with Crippen molar-refractivity contribution in [3.8, 4) is 11.3 Å². The van der Waals surface area contributed by atoms with Gasteiger partial charge in [0.1, 0.15) is 11.6 Å². The molecular formula is C22H26FN3O2. The lowest BCUT2D eigenvalue weighted by Gasteiger charge is -2.16. The predicted molar refractivity (Wildman–Crippen MR) is 107 cm³/mol. The van der Waals surface area contributed by atoms with Crippen LogP contribution in [0.5, 0.6) is 0 Å². The Morgan fingerprint density at radius 3 is 2.61 bits per heavy atom. The Bertz CT molecular complexity index is 928. The van der Waals surface area contributed by atoms with Crippen LogP contribution in [0, 0.1) is 12.7 Å². The van der Waals surface area contributed by atoms with Gasteiger partial charge in [0.2, 0.25) is 0 Å². The second-order valence-corrected chi connectivity index (χ2v) is 7.08. The number of rotatable bonds is 8. The largest absolute Gasteiger partial charge is 0.469 e. The predicted octanol–water partition coefficient (Wildman–Crippen LogP) is 4.61. The van der Waals surface area contributed by atoms with E-state index in [0.717, 1.165) is 42.6 Å². The van der Waals surface area contributed by atoms with Crippen molar-refractivity contribution in [1.82, 2.24) is 14.7 Å². The van der Waals surface area contributed by atoms with Crippen molar-refractivity contribution in [2.24, 2.45) is 7.05 Å². The van der Waals surface area contributed by atoms with Crippen LogP contribution >= 0.6 is 0 Å². The Morgan fingerprint density at radius 1 is 1.18 bits per heavy atom. The van der Waals surface area contributed by atoms with Gasteiger partial charge in [0.05, 0.1) is 23.2 Å². The molecule has 2 aromatic heterocycles. The number of hydrogen-bond acceptors (Lipinski definition) is 3. The molecule has 6 heteroatoms. The molecule has 0 N–H and O–H groups in total. The smallest absolute Gasteiger partial charge is 0.257 e. The summed E-state index contributed by atoms with van der Waals surface area (Å²) in [7, 11) is 3.73. The van der Waals surface area contributed by atoms with Crippen molar-refractivity contribution in [2.75, 3.05) is 13.6 Å². The molecule has 3 aromatic rings. The highest BCUT2D eigenvalue weighted by Gasteiger charge is 2.15. The van der Waals surface area contributed by atoms with E-state index in [2.05, 4.69) is 11.2 Å². The minimum absolute atomic E-state index is 0.0000781. The van der Waals surface area contributed by atoms with Crippen LogP contribution in [-0.4, -0.2) is 34.2 Å². The maximum Gasteiger partial charge on any atom is 0.257 e. The second kappa shape index (κ2) is 8.87. The van der Waals surface area contributed by atoms with E-state index in [1.54, 1.807) is 36.3 Å². The summed E-state index contributed by atoms with van der Waals surface area (Å²) in [5, 5.41) is 4.56. The van der Waals surface area contributed by atoms with Gasteiger partial charge in [-0.15, -0.1) is 0 Å². The maximum absolute atomic E-state index is 13.1. The molecule has 0 aliphatic heterocycles. The quantitative estimate of drug-likeness (QED) is 0.534. The third-order valence-electron chi connectivity index (χ3n) is 4.93. The van der Waals surface area contributed by atoms with E-state index in [-0.39, 0.29) is 11.7 Å². The average molecular weight is 383 g/mol. The van der Waals surface area contributed by atoms with Gasteiger partial charge in [-0.2, -0.15) is 5.10 Å². The molecule has 0 bridgehead atoms. The minimum atomic E-state index is -0.238.